The van der Waals surface area contributed by atoms with Crippen molar-refractivity contribution in [1.82, 2.24) is 10.0 Å². The quantitative estimate of drug-likeness (QED) is 0.571. The van der Waals surface area contributed by atoms with Crippen molar-refractivity contribution in [2.75, 3.05) is 26.3 Å². The zero-order chi connectivity index (χ0) is 18.8. The van der Waals surface area contributed by atoms with Crippen LogP contribution in [0.25, 0.3) is 0 Å². The molecular weight excluding hydrogens is 356 g/mol. The highest BCUT2D eigenvalue weighted by Crippen LogP contribution is 2.32. The van der Waals surface area contributed by atoms with Crippen LogP contribution in [0, 0.1) is 0 Å². The lowest BCUT2D eigenvalue weighted by atomic mass is 10.2. The van der Waals surface area contributed by atoms with Crippen molar-refractivity contribution in [3.8, 4) is 11.5 Å². The molecule has 0 saturated carbocycles. The van der Waals surface area contributed by atoms with Gasteiger partial charge in [-0.05, 0) is 31.4 Å². The van der Waals surface area contributed by atoms with E-state index in [1.807, 2.05) is 0 Å². The Morgan fingerprint density at radius 3 is 2.58 bits per heavy atom. The second kappa shape index (κ2) is 10.4. The molecule has 7 nitrogen and oxygen atoms in total. The number of amides is 1. The highest BCUT2D eigenvalue weighted by molar-refractivity contribution is 7.89. The van der Waals surface area contributed by atoms with Crippen LogP contribution in [0.1, 0.15) is 45.4 Å². The van der Waals surface area contributed by atoms with Crippen LogP contribution in [0.4, 0.5) is 0 Å². The van der Waals surface area contributed by atoms with Gasteiger partial charge in [0.1, 0.15) is 13.2 Å². The molecule has 1 aromatic rings. The molecule has 26 heavy (non-hydrogen) atoms. The molecule has 0 saturated heterocycles. The first-order valence-corrected chi connectivity index (χ1v) is 10.7. The minimum atomic E-state index is -3.58. The Balaban J connectivity index is 1.68. The molecule has 8 heteroatoms. The van der Waals surface area contributed by atoms with Crippen LogP contribution in [0.2, 0.25) is 0 Å². The van der Waals surface area contributed by atoms with Crippen LogP contribution < -0.4 is 19.5 Å². The van der Waals surface area contributed by atoms with Crippen molar-refractivity contribution in [3.63, 3.8) is 0 Å². The minimum Gasteiger partial charge on any atom is -0.486 e. The van der Waals surface area contributed by atoms with Gasteiger partial charge in [0.25, 0.3) is 0 Å². The lowest BCUT2D eigenvalue weighted by molar-refractivity contribution is -0.121. The summed E-state index contributed by atoms with van der Waals surface area (Å²) in [5.74, 6) is 1.08. The fourth-order valence-electron chi connectivity index (χ4n) is 2.56. The number of benzene rings is 1. The second-order valence-corrected chi connectivity index (χ2v) is 7.98. The molecule has 0 aromatic heterocycles. The van der Waals surface area contributed by atoms with Crippen LogP contribution in [-0.2, 0) is 14.8 Å². The SMILES string of the molecule is CCCCNC(=O)CCCCCNS(=O)(=O)c1ccc2c(c1)OCCO2. The first-order valence-electron chi connectivity index (χ1n) is 9.19. The number of hydrogen-bond donors (Lipinski definition) is 2. The van der Waals surface area contributed by atoms with Gasteiger partial charge in [-0.1, -0.05) is 19.8 Å². The maximum Gasteiger partial charge on any atom is 0.240 e. The molecule has 0 fully saturated rings. The molecule has 0 atom stereocenters. The predicted octanol–water partition coefficient (Wildman–Crippen LogP) is 2.21. The van der Waals surface area contributed by atoms with E-state index < -0.39 is 10.0 Å². The zero-order valence-electron chi connectivity index (χ0n) is 15.3. The molecule has 0 spiro atoms. The van der Waals surface area contributed by atoms with E-state index in [0.717, 1.165) is 32.2 Å². The number of hydrogen-bond acceptors (Lipinski definition) is 5. The number of unbranched alkanes of at least 4 members (excludes halogenated alkanes) is 3. The first-order chi connectivity index (χ1) is 12.5. The summed E-state index contributed by atoms with van der Waals surface area (Å²) >= 11 is 0. The third kappa shape index (κ3) is 6.49. The Morgan fingerprint density at radius 1 is 1.04 bits per heavy atom. The molecule has 1 amide bonds. The van der Waals surface area contributed by atoms with Gasteiger partial charge in [-0.15, -0.1) is 0 Å². The van der Waals surface area contributed by atoms with Crippen LogP contribution in [0.5, 0.6) is 11.5 Å². The molecule has 2 rings (SSSR count). The lowest BCUT2D eigenvalue weighted by Gasteiger charge is -2.18. The molecule has 146 valence electrons. The van der Waals surface area contributed by atoms with E-state index in [0.29, 0.717) is 44.1 Å². The lowest BCUT2D eigenvalue weighted by Crippen LogP contribution is -2.25. The number of carbonyl (C=O) groups is 1. The van der Waals surface area contributed by atoms with Crippen molar-refractivity contribution in [1.29, 1.82) is 0 Å². The smallest absolute Gasteiger partial charge is 0.240 e. The monoisotopic (exact) mass is 384 g/mol. The Hall–Kier alpha value is -1.80. The van der Waals surface area contributed by atoms with Gasteiger partial charge < -0.3 is 14.8 Å². The molecule has 0 radical (unpaired) electrons. The molecule has 0 unspecified atom stereocenters. The second-order valence-electron chi connectivity index (χ2n) is 6.22. The number of rotatable bonds is 11. The standard InChI is InChI=1S/C18H28N2O5S/c1-2-3-10-19-18(21)7-5-4-6-11-20-26(22,23)15-8-9-16-17(14-15)25-13-12-24-16/h8-9,14,20H,2-7,10-13H2,1H3,(H,19,21). The van der Waals surface area contributed by atoms with E-state index in [9.17, 15) is 13.2 Å². The molecule has 1 aromatic carbocycles. The van der Waals surface area contributed by atoms with Gasteiger partial charge >= 0.3 is 0 Å². The van der Waals surface area contributed by atoms with E-state index in [4.69, 9.17) is 9.47 Å². The Bertz CT molecular complexity index is 691. The summed E-state index contributed by atoms with van der Waals surface area (Å²) in [5, 5.41) is 2.87. The average Bonchev–Trinajstić information content (AvgIpc) is 2.64. The summed E-state index contributed by atoms with van der Waals surface area (Å²) in [5.41, 5.74) is 0. The average molecular weight is 384 g/mol. The van der Waals surface area contributed by atoms with Gasteiger partial charge in [-0.2, -0.15) is 0 Å². The molecule has 1 aliphatic heterocycles. The summed E-state index contributed by atoms with van der Waals surface area (Å²) < 4.78 is 38.1. The van der Waals surface area contributed by atoms with Crippen molar-refractivity contribution in [2.45, 2.75) is 50.3 Å². The van der Waals surface area contributed by atoms with Gasteiger partial charge in [0, 0.05) is 25.6 Å². The number of fused-ring (bicyclic) bond motifs is 1. The van der Waals surface area contributed by atoms with Gasteiger partial charge in [-0.3, -0.25) is 4.79 Å². The molecule has 1 heterocycles. The normalized spacial score (nSPS) is 13.4. The van der Waals surface area contributed by atoms with E-state index in [-0.39, 0.29) is 10.8 Å². The molecule has 0 aliphatic carbocycles. The Labute approximate surface area is 155 Å². The largest absolute Gasteiger partial charge is 0.486 e. The van der Waals surface area contributed by atoms with Crippen molar-refractivity contribution >= 4 is 15.9 Å². The summed E-state index contributed by atoms with van der Waals surface area (Å²) in [4.78, 5) is 11.7. The highest BCUT2D eigenvalue weighted by atomic mass is 32.2. The summed E-state index contributed by atoms with van der Waals surface area (Å²) in [6.07, 6.45) is 4.77. The number of carbonyl (C=O) groups excluding carboxylic acids is 1. The van der Waals surface area contributed by atoms with Crippen molar-refractivity contribution in [3.05, 3.63) is 18.2 Å². The number of ether oxygens (including phenoxy) is 2. The summed E-state index contributed by atoms with van der Waals surface area (Å²) in [6.45, 7) is 4.03. The Morgan fingerprint density at radius 2 is 1.81 bits per heavy atom. The first kappa shape index (κ1) is 20.5. The third-order valence-electron chi connectivity index (χ3n) is 4.05. The topological polar surface area (TPSA) is 93.7 Å². The maximum atomic E-state index is 12.3. The van der Waals surface area contributed by atoms with Crippen LogP contribution in [0.3, 0.4) is 0 Å². The van der Waals surface area contributed by atoms with Gasteiger partial charge in [0.05, 0.1) is 4.90 Å². The van der Waals surface area contributed by atoms with E-state index in [1.54, 1.807) is 6.07 Å². The predicted molar refractivity (Wildman–Crippen MR) is 99.0 cm³/mol. The minimum absolute atomic E-state index is 0.0651. The Kier molecular flexibility index (Phi) is 8.18. The summed E-state index contributed by atoms with van der Waals surface area (Å²) in [7, 11) is -3.58. The third-order valence-corrected chi connectivity index (χ3v) is 5.51. The highest BCUT2D eigenvalue weighted by Gasteiger charge is 2.18. The van der Waals surface area contributed by atoms with E-state index in [1.165, 1.54) is 12.1 Å². The molecule has 2 N–H and O–H groups in total. The van der Waals surface area contributed by atoms with Crippen molar-refractivity contribution in [2.24, 2.45) is 0 Å². The van der Waals surface area contributed by atoms with Gasteiger partial charge in [0.2, 0.25) is 15.9 Å². The maximum absolute atomic E-state index is 12.3. The van der Waals surface area contributed by atoms with Gasteiger partial charge in [0.15, 0.2) is 11.5 Å². The van der Waals surface area contributed by atoms with E-state index >= 15 is 0 Å². The van der Waals surface area contributed by atoms with Crippen molar-refractivity contribution < 1.29 is 22.7 Å². The number of sulfonamides is 1. The fraction of sp³-hybridized carbons (Fsp3) is 0.611. The van der Waals surface area contributed by atoms with E-state index in [2.05, 4.69) is 17.0 Å². The van der Waals surface area contributed by atoms with Crippen LogP contribution in [-0.4, -0.2) is 40.6 Å². The molecular formula is C18H28N2O5S. The molecule has 1 aliphatic rings. The van der Waals surface area contributed by atoms with Crippen LogP contribution in [0.15, 0.2) is 23.1 Å². The molecule has 0 bridgehead atoms. The summed E-state index contributed by atoms with van der Waals surface area (Å²) in [6, 6.07) is 4.61. The number of nitrogens with one attached hydrogen (secondary N) is 2. The zero-order valence-corrected chi connectivity index (χ0v) is 16.1. The van der Waals surface area contributed by atoms with Gasteiger partial charge in [-0.25, -0.2) is 13.1 Å². The fourth-order valence-corrected chi connectivity index (χ4v) is 3.65. The van der Waals surface area contributed by atoms with Crippen LogP contribution >= 0.6 is 0 Å².